The van der Waals surface area contributed by atoms with E-state index in [1.54, 1.807) is 31.4 Å². The van der Waals surface area contributed by atoms with Gasteiger partial charge in [0.15, 0.2) is 0 Å². The second-order valence-corrected chi connectivity index (χ2v) is 8.64. The molecule has 1 atom stereocenters. The van der Waals surface area contributed by atoms with Crippen molar-refractivity contribution in [3.8, 4) is 5.75 Å². The summed E-state index contributed by atoms with van der Waals surface area (Å²) in [5.74, 6) is 0.393. The molecule has 0 spiro atoms. The lowest BCUT2D eigenvalue weighted by Gasteiger charge is -2.40. The number of fused-ring (bicyclic) bond motifs is 1. The number of methoxy groups -OCH3 is 1. The van der Waals surface area contributed by atoms with Crippen LogP contribution in [0.2, 0.25) is 0 Å². The Morgan fingerprint density at radius 1 is 1.15 bits per heavy atom. The molecule has 33 heavy (non-hydrogen) atoms. The zero-order valence-corrected chi connectivity index (χ0v) is 19.0. The van der Waals surface area contributed by atoms with Crippen molar-refractivity contribution in [3.05, 3.63) is 59.7 Å². The normalized spacial score (nSPS) is 17.1. The summed E-state index contributed by atoms with van der Waals surface area (Å²) in [4.78, 5) is 41.6. The van der Waals surface area contributed by atoms with Crippen molar-refractivity contribution in [1.82, 2.24) is 15.1 Å². The minimum Gasteiger partial charge on any atom is -0.497 e. The standard InChI is InChI=1S/C25H30N4O4/c1-17(26-24(31)18-7-5-8-21(15-18)33-2)14-23(30)28-12-10-20(11-13-28)29-16-19-6-3-4-9-22(19)27-25(29)32/h3-9,15,17,20H,10-14,16H2,1-2H3,(H,26,31)(H,27,32). The molecule has 1 saturated heterocycles. The quantitative estimate of drug-likeness (QED) is 0.707. The van der Waals surface area contributed by atoms with Crippen LogP contribution in [0.1, 0.15) is 42.1 Å². The van der Waals surface area contributed by atoms with E-state index in [1.807, 2.05) is 41.0 Å². The molecule has 0 bridgehead atoms. The van der Waals surface area contributed by atoms with Crippen molar-refractivity contribution < 1.29 is 19.1 Å². The summed E-state index contributed by atoms with van der Waals surface area (Å²) >= 11 is 0. The first-order chi connectivity index (χ1) is 15.9. The highest BCUT2D eigenvalue weighted by molar-refractivity contribution is 5.95. The van der Waals surface area contributed by atoms with Crippen molar-refractivity contribution in [3.63, 3.8) is 0 Å². The number of anilines is 1. The molecule has 8 heteroatoms. The second-order valence-electron chi connectivity index (χ2n) is 8.64. The summed E-state index contributed by atoms with van der Waals surface area (Å²) in [5.41, 5.74) is 2.48. The maximum absolute atomic E-state index is 12.8. The SMILES string of the molecule is COc1cccc(C(=O)NC(C)CC(=O)N2CCC(N3Cc4ccccc4NC3=O)CC2)c1. The number of rotatable bonds is 6. The predicted octanol–water partition coefficient (Wildman–Crippen LogP) is 3.24. The molecule has 2 aromatic carbocycles. The number of ether oxygens (including phenoxy) is 1. The fourth-order valence-electron chi connectivity index (χ4n) is 4.46. The number of carbonyl (C=O) groups excluding carboxylic acids is 3. The first kappa shape index (κ1) is 22.6. The van der Waals surface area contributed by atoms with Crippen LogP contribution in [-0.4, -0.2) is 59.9 Å². The number of benzene rings is 2. The van der Waals surface area contributed by atoms with Crippen LogP contribution >= 0.6 is 0 Å². The van der Waals surface area contributed by atoms with E-state index < -0.39 is 0 Å². The fraction of sp³-hybridized carbons (Fsp3) is 0.400. The van der Waals surface area contributed by atoms with Crippen molar-refractivity contribution in [1.29, 1.82) is 0 Å². The van der Waals surface area contributed by atoms with Gasteiger partial charge in [-0.15, -0.1) is 0 Å². The van der Waals surface area contributed by atoms with Gasteiger partial charge in [-0.3, -0.25) is 9.59 Å². The van der Waals surface area contributed by atoms with Crippen LogP contribution in [0.5, 0.6) is 5.75 Å². The molecule has 2 heterocycles. The van der Waals surface area contributed by atoms with Gasteiger partial charge >= 0.3 is 6.03 Å². The molecule has 174 valence electrons. The maximum Gasteiger partial charge on any atom is 0.322 e. The summed E-state index contributed by atoms with van der Waals surface area (Å²) in [6.45, 7) is 3.63. The summed E-state index contributed by atoms with van der Waals surface area (Å²) < 4.78 is 5.16. The van der Waals surface area contributed by atoms with Gasteiger partial charge in [-0.2, -0.15) is 0 Å². The van der Waals surface area contributed by atoms with Gasteiger partial charge < -0.3 is 25.2 Å². The van der Waals surface area contributed by atoms with Gasteiger partial charge in [0.25, 0.3) is 5.91 Å². The largest absolute Gasteiger partial charge is 0.497 e. The molecule has 1 fully saturated rings. The van der Waals surface area contributed by atoms with Crippen molar-refractivity contribution >= 4 is 23.5 Å². The van der Waals surface area contributed by atoms with Gasteiger partial charge in [-0.25, -0.2) is 4.79 Å². The highest BCUT2D eigenvalue weighted by atomic mass is 16.5. The van der Waals surface area contributed by atoms with E-state index >= 15 is 0 Å². The number of likely N-dealkylation sites (tertiary alicyclic amines) is 1. The third-order valence-electron chi connectivity index (χ3n) is 6.31. The van der Waals surface area contributed by atoms with Gasteiger partial charge in [0, 0.05) is 49.4 Å². The predicted molar refractivity (Wildman–Crippen MR) is 125 cm³/mol. The molecule has 8 nitrogen and oxygen atoms in total. The maximum atomic E-state index is 12.8. The summed E-state index contributed by atoms with van der Waals surface area (Å²) in [6, 6.07) is 14.5. The molecule has 2 aromatic rings. The van der Waals surface area contributed by atoms with Gasteiger partial charge in [0.1, 0.15) is 5.75 Å². The molecular formula is C25H30N4O4. The van der Waals surface area contributed by atoms with E-state index in [2.05, 4.69) is 10.6 Å². The molecule has 4 rings (SSSR count). The third-order valence-corrected chi connectivity index (χ3v) is 6.31. The number of para-hydroxylation sites is 1. The molecule has 4 amide bonds. The minimum atomic E-state index is -0.293. The molecular weight excluding hydrogens is 420 g/mol. The van der Waals surface area contributed by atoms with Crippen LogP contribution in [0.3, 0.4) is 0 Å². The average Bonchev–Trinajstić information content (AvgIpc) is 2.83. The van der Waals surface area contributed by atoms with E-state index in [9.17, 15) is 14.4 Å². The van der Waals surface area contributed by atoms with Gasteiger partial charge in [0.2, 0.25) is 5.91 Å². The fourth-order valence-corrected chi connectivity index (χ4v) is 4.46. The molecule has 0 aromatic heterocycles. The van der Waals surface area contributed by atoms with E-state index in [1.165, 1.54) is 0 Å². The van der Waals surface area contributed by atoms with Crippen LogP contribution in [0.25, 0.3) is 0 Å². The van der Waals surface area contributed by atoms with Crippen LogP contribution in [-0.2, 0) is 11.3 Å². The highest BCUT2D eigenvalue weighted by Gasteiger charge is 2.32. The smallest absolute Gasteiger partial charge is 0.322 e. The third kappa shape index (κ3) is 5.27. The topological polar surface area (TPSA) is 91.0 Å². The van der Waals surface area contributed by atoms with Gasteiger partial charge in [-0.05, 0) is 49.6 Å². The molecule has 2 N–H and O–H groups in total. The number of hydrogen-bond acceptors (Lipinski definition) is 4. The average molecular weight is 451 g/mol. The van der Waals surface area contributed by atoms with E-state index in [0.29, 0.717) is 30.9 Å². The monoisotopic (exact) mass is 450 g/mol. The second kappa shape index (κ2) is 9.94. The number of urea groups is 1. The number of nitrogens with zero attached hydrogens (tertiary/aromatic N) is 2. The van der Waals surface area contributed by atoms with Crippen LogP contribution in [0.15, 0.2) is 48.5 Å². The summed E-state index contributed by atoms with van der Waals surface area (Å²) in [7, 11) is 1.55. The Labute approximate surface area is 193 Å². The molecule has 0 aliphatic carbocycles. The lowest BCUT2D eigenvalue weighted by atomic mass is 10.0. The molecule has 1 unspecified atom stereocenters. The Bertz CT molecular complexity index is 1030. The van der Waals surface area contributed by atoms with Crippen molar-refractivity contribution in [2.75, 3.05) is 25.5 Å². The molecule has 2 aliphatic rings. The first-order valence-electron chi connectivity index (χ1n) is 11.3. The Morgan fingerprint density at radius 3 is 2.67 bits per heavy atom. The van der Waals surface area contributed by atoms with Gasteiger partial charge in [0.05, 0.1) is 7.11 Å². The molecule has 0 saturated carbocycles. The summed E-state index contributed by atoms with van der Waals surface area (Å²) in [6.07, 6.45) is 1.72. The lowest BCUT2D eigenvalue weighted by molar-refractivity contribution is -0.133. The Balaban J connectivity index is 1.26. The molecule has 2 aliphatic heterocycles. The zero-order valence-electron chi connectivity index (χ0n) is 19.0. The lowest BCUT2D eigenvalue weighted by Crippen LogP contribution is -2.51. The molecule has 0 radical (unpaired) electrons. The van der Waals surface area contributed by atoms with E-state index in [0.717, 1.165) is 24.1 Å². The van der Waals surface area contributed by atoms with Crippen molar-refractivity contribution in [2.24, 2.45) is 0 Å². The van der Waals surface area contributed by atoms with Crippen LogP contribution in [0.4, 0.5) is 10.5 Å². The van der Waals surface area contributed by atoms with Crippen LogP contribution < -0.4 is 15.4 Å². The van der Waals surface area contributed by atoms with Gasteiger partial charge in [-0.1, -0.05) is 24.3 Å². The number of amides is 4. The Hall–Kier alpha value is -3.55. The van der Waals surface area contributed by atoms with E-state index in [4.69, 9.17) is 4.74 Å². The van der Waals surface area contributed by atoms with E-state index in [-0.39, 0.29) is 36.3 Å². The van der Waals surface area contributed by atoms with Crippen molar-refractivity contribution in [2.45, 2.75) is 44.8 Å². The summed E-state index contributed by atoms with van der Waals surface area (Å²) in [5, 5.41) is 5.85. The minimum absolute atomic E-state index is 0.0142. The Morgan fingerprint density at radius 2 is 1.91 bits per heavy atom. The number of nitrogens with one attached hydrogen (secondary N) is 2. The first-order valence-corrected chi connectivity index (χ1v) is 11.3. The Kier molecular flexibility index (Phi) is 6.82. The van der Waals surface area contributed by atoms with Crippen LogP contribution in [0, 0.1) is 0 Å². The highest BCUT2D eigenvalue weighted by Crippen LogP contribution is 2.27. The number of hydrogen-bond donors (Lipinski definition) is 2. The zero-order chi connectivity index (χ0) is 23.4. The number of carbonyl (C=O) groups is 3. The number of piperidine rings is 1.